The molecule has 0 saturated carbocycles. The summed E-state index contributed by atoms with van der Waals surface area (Å²) >= 11 is 0. The smallest absolute Gasteiger partial charge is 0.311 e. The van der Waals surface area contributed by atoms with E-state index in [1.807, 2.05) is 0 Å². The number of halogens is 2. The molecule has 7 heteroatoms. The van der Waals surface area contributed by atoms with Crippen molar-refractivity contribution in [3.63, 3.8) is 0 Å². The van der Waals surface area contributed by atoms with E-state index < -0.39 is 18.9 Å². The van der Waals surface area contributed by atoms with Crippen LogP contribution in [0.4, 0.5) is 8.78 Å². The van der Waals surface area contributed by atoms with E-state index in [1.165, 1.54) is 13.3 Å². The van der Waals surface area contributed by atoms with Crippen molar-refractivity contribution >= 4 is 17.0 Å². The minimum atomic E-state index is -2.50. The van der Waals surface area contributed by atoms with Crippen LogP contribution in [0.3, 0.4) is 0 Å². The fourth-order valence-corrected chi connectivity index (χ4v) is 1.58. The van der Waals surface area contributed by atoms with Crippen LogP contribution in [0.1, 0.15) is 5.69 Å². The number of nitrogens with zero attached hydrogens (tertiary/aromatic N) is 3. The molecule has 18 heavy (non-hydrogen) atoms. The van der Waals surface area contributed by atoms with Crippen LogP contribution in [0.15, 0.2) is 18.3 Å². The third kappa shape index (κ3) is 2.61. The van der Waals surface area contributed by atoms with Gasteiger partial charge in [0.2, 0.25) is 0 Å². The van der Waals surface area contributed by atoms with E-state index in [1.54, 1.807) is 12.1 Å². The SMILES string of the molecule is COC(=O)Cc1ccc2cnn(CC(F)F)c2n1. The van der Waals surface area contributed by atoms with Crippen molar-refractivity contribution in [2.24, 2.45) is 0 Å². The zero-order valence-corrected chi connectivity index (χ0v) is 9.64. The summed E-state index contributed by atoms with van der Waals surface area (Å²) in [5, 5.41) is 4.49. The Labute approximate surface area is 101 Å². The first-order valence-electron chi connectivity index (χ1n) is 5.26. The Bertz CT molecular complexity index is 568. The maximum atomic E-state index is 12.3. The van der Waals surface area contributed by atoms with Crippen molar-refractivity contribution in [1.29, 1.82) is 0 Å². The lowest BCUT2D eigenvalue weighted by Gasteiger charge is -2.03. The Kier molecular flexibility index (Phi) is 3.50. The predicted molar refractivity (Wildman–Crippen MR) is 59.3 cm³/mol. The second-order valence-corrected chi connectivity index (χ2v) is 3.69. The number of carbonyl (C=O) groups excluding carboxylic acids is 1. The number of rotatable bonds is 4. The van der Waals surface area contributed by atoms with Crippen LogP contribution in [0.25, 0.3) is 11.0 Å². The van der Waals surface area contributed by atoms with Gasteiger partial charge in [-0.3, -0.25) is 4.79 Å². The number of hydrogen-bond donors (Lipinski definition) is 0. The van der Waals surface area contributed by atoms with Crippen LogP contribution in [-0.4, -0.2) is 34.3 Å². The van der Waals surface area contributed by atoms with Gasteiger partial charge in [0.1, 0.15) is 6.54 Å². The second kappa shape index (κ2) is 5.07. The molecule has 0 spiro atoms. The summed E-state index contributed by atoms with van der Waals surface area (Å²) in [4.78, 5) is 15.3. The molecule has 2 aromatic rings. The van der Waals surface area contributed by atoms with Gasteiger partial charge >= 0.3 is 5.97 Å². The monoisotopic (exact) mass is 255 g/mol. The highest BCUT2D eigenvalue weighted by atomic mass is 19.3. The standard InChI is InChI=1S/C11H11F2N3O2/c1-18-10(17)4-8-3-2-7-5-14-16(6-9(12)13)11(7)15-8/h2-3,5,9H,4,6H2,1H3. The van der Waals surface area contributed by atoms with Crippen LogP contribution in [0.5, 0.6) is 0 Å². The van der Waals surface area contributed by atoms with Gasteiger partial charge in [0.15, 0.2) is 5.65 Å². The normalized spacial score (nSPS) is 11.1. The molecule has 0 saturated heterocycles. The van der Waals surface area contributed by atoms with Gasteiger partial charge in [-0.1, -0.05) is 0 Å². The van der Waals surface area contributed by atoms with Crippen molar-refractivity contribution < 1.29 is 18.3 Å². The molecular weight excluding hydrogens is 244 g/mol. The van der Waals surface area contributed by atoms with Crippen LogP contribution in [0.2, 0.25) is 0 Å². The van der Waals surface area contributed by atoms with E-state index in [9.17, 15) is 13.6 Å². The molecule has 0 fully saturated rings. The van der Waals surface area contributed by atoms with Crippen molar-refractivity contribution in [3.8, 4) is 0 Å². The Morgan fingerprint density at radius 1 is 1.50 bits per heavy atom. The van der Waals surface area contributed by atoms with E-state index >= 15 is 0 Å². The number of fused-ring (bicyclic) bond motifs is 1. The summed E-state index contributed by atoms with van der Waals surface area (Å²) in [6.45, 7) is -0.516. The minimum absolute atomic E-state index is 0.00625. The number of methoxy groups -OCH3 is 1. The number of hydrogen-bond acceptors (Lipinski definition) is 4. The zero-order valence-electron chi connectivity index (χ0n) is 9.64. The average Bonchev–Trinajstić information content (AvgIpc) is 2.71. The predicted octanol–water partition coefficient (Wildman–Crippen LogP) is 1.41. The molecule has 0 aliphatic heterocycles. The lowest BCUT2D eigenvalue weighted by atomic mass is 10.2. The van der Waals surface area contributed by atoms with E-state index in [0.717, 1.165) is 4.68 Å². The average molecular weight is 255 g/mol. The molecule has 2 aromatic heterocycles. The Morgan fingerprint density at radius 2 is 2.28 bits per heavy atom. The van der Waals surface area contributed by atoms with Crippen molar-refractivity contribution in [2.75, 3.05) is 7.11 Å². The van der Waals surface area contributed by atoms with E-state index in [2.05, 4.69) is 14.8 Å². The van der Waals surface area contributed by atoms with Gasteiger partial charge in [0.25, 0.3) is 6.43 Å². The zero-order chi connectivity index (χ0) is 13.1. The van der Waals surface area contributed by atoms with Crippen LogP contribution in [-0.2, 0) is 22.5 Å². The fraction of sp³-hybridized carbons (Fsp3) is 0.364. The fourth-order valence-electron chi connectivity index (χ4n) is 1.58. The lowest BCUT2D eigenvalue weighted by Crippen LogP contribution is -2.10. The number of carbonyl (C=O) groups is 1. The van der Waals surface area contributed by atoms with Gasteiger partial charge in [-0.2, -0.15) is 5.10 Å². The van der Waals surface area contributed by atoms with Gasteiger partial charge in [-0.05, 0) is 12.1 Å². The Balaban J connectivity index is 2.33. The second-order valence-electron chi connectivity index (χ2n) is 3.69. The molecule has 0 amide bonds. The molecule has 2 rings (SSSR count). The molecule has 0 N–H and O–H groups in total. The van der Waals surface area contributed by atoms with E-state index in [4.69, 9.17) is 0 Å². The highest BCUT2D eigenvalue weighted by molar-refractivity contribution is 5.76. The molecule has 0 aliphatic rings. The molecule has 2 heterocycles. The molecule has 0 unspecified atom stereocenters. The largest absolute Gasteiger partial charge is 0.469 e. The Morgan fingerprint density at radius 3 is 2.94 bits per heavy atom. The van der Waals surface area contributed by atoms with Crippen LogP contribution >= 0.6 is 0 Å². The third-order valence-corrected chi connectivity index (χ3v) is 2.41. The summed E-state index contributed by atoms with van der Waals surface area (Å²) in [6, 6.07) is 3.34. The number of pyridine rings is 1. The summed E-state index contributed by atoms with van der Waals surface area (Å²) in [5.41, 5.74) is 0.807. The van der Waals surface area contributed by atoms with E-state index in [-0.39, 0.29) is 6.42 Å². The van der Waals surface area contributed by atoms with Crippen molar-refractivity contribution in [3.05, 3.63) is 24.0 Å². The van der Waals surface area contributed by atoms with Crippen molar-refractivity contribution in [2.45, 2.75) is 19.4 Å². The van der Waals surface area contributed by atoms with Crippen LogP contribution in [0, 0.1) is 0 Å². The summed E-state index contributed by atoms with van der Waals surface area (Å²) in [6.07, 6.45) is -1.03. The number of esters is 1. The summed E-state index contributed by atoms with van der Waals surface area (Å²) < 4.78 is 30.3. The highest BCUT2D eigenvalue weighted by Crippen LogP contribution is 2.14. The first-order valence-corrected chi connectivity index (χ1v) is 5.26. The quantitative estimate of drug-likeness (QED) is 0.775. The molecule has 0 atom stereocenters. The van der Waals surface area contributed by atoms with Gasteiger partial charge in [0, 0.05) is 5.39 Å². The van der Waals surface area contributed by atoms with Gasteiger partial charge in [-0.25, -0.2) is 18.4 Å². The number of alkyl halides is 2. The molecule has 0 aliphatic carbocycles. The van der Waals surface area contributed by atoms with Gasteiger partial charge in [0.05, 0.1) is 25.4 Å². The molecule has 0 aromatic carbocycles. The topological polar surface area (TPSA) is 57.0 Å². The lowest BCUT2D eigenvalue weighted by molar-refractivity contribution is -0.139. The molecular formula is C11H11F2N3O2. The highest BCUT2D eigenvalue weighted by Gasteiger charge is 2.11. The molecule has 0 bridgehead atoms. The minimum Gasteiger partial charge on any atom is -0.469 e. The first kappa shape index (κ1) is 12.4. The maximum absolute atomic E-state index is 12.3. The molecule has 96 valence electrons. The summed E-state index contributed by atoms with van der Waals surface area (Å²) in [7, 11) is 1.28. The number of ether oxygens (including phenoxy) is 1. The third-order valence-electron chi connectivity index (χ3n) is 2.41. The van der Waals surface area contributed by atoms with Gasteiger partial charge < -0.3 is 4.74 Å². The van der Waals surface area contributed by atoms with Gasteiger partial charge in [-0.15, -0.1) is 0 Å². The molecule has 0 radical (unpaired) electrons. The molecule has 5 nitrogen and oxygen atoms in total. The van der Waals surface area contributed by atoms with E-state index in [0.29, 0.717) is 16.7 Å². The number of aromatic nitrogens is 3. The van der Waals surface area contributed by atoms with Crippen molar-refractivity contribution in [1.82, 2.24) is 14.8 Å². The van der Waals surface area contributed by atoms with Crippen LogP contribution < -0.4 is 0 Å². The summed E-state index contributed by atoms with van der Waals surface area (Å²) in [5.74, 6) is -0.429. The first-order chi connectivity index (χ1) is 8.60. The Hall–Kier alpha value is -2.05. The maximum Gasteiger partial charge on any atom is 0.311 e.